The number of terminal acetylenes is 1. The SMILES string of the molecule is C#CCC(N)c1c(Cl)cccc1Cl. The van der Waals surface area contributed by atoms with Gasteiger partial charge >= 0.3 is 0 Å². The minimum Gasteiger partial charge on any atom is -0.323 e. The van der Waals surface area contributed by atoms with Crippen molar-refractivity contribution >= 4 is 23.2 Å². The lowest BCUT2D eigenvalue weighted by molar-refractivity contribution is 0.755. The molecule has 1 aromatic carbocycles. The van der Waals surface area contributed by atoms with Crippen LogP contribution in [0.5, 0.6) is 0 Å². The van der Waals surface area contributed by atoms with E-state index in [0.29, 0.717) is 16.5 Å². The van der Waals surface area contributed by atoms with Crippen LogP contribution in [0.1, 0.15) is 18.0 Å². The Hall–Kier alpha value is -0.680. The van der Waals surface area contributed by atoms with Gasteiger partial charge in [-0.15, -0.1) is 12.3 Å². The first-order valence-electron chi connectivity index (χ1n) is 3.79. The Kier molecular flexibility index (Phi) is 3.62. The zero-order valence-corrected chi connectivity index (χ0v) is 8.44. The summed E-state index contributed by atoms with van der Waals surface area (Å²) >= 11 is 11.9. The van der Waals surface area contributed by atoms with Crippen LogP contribution in [0, 0.1) is 12.3 Å². The maximum absolute atomic E-state index is 5.93. The fourth-order valence-electron chi connectivity index (χ4n) is 1.09. The second-order valence-electron chi connectivity index (χ2n) is 2.65. The monoisotopic (exact) mass is 213 g/mol. The molecule has 0 bridgehead atoms. The molecule has 1 unspecified atom stereocenters. The molecule has 1 aromatic rings. The second-order valence-corrected chi connectivity index (χ2v) is 3.46. The Labute approximate surface area is 87.8 Å². The van der Waals surface area contributed by atoms with Crippen LogP contribution >= 0.6 is 23.2 Å². The fourth-order valence-corrected chi connectivity index (χ4v) is 1.77. The average molecular weight is 214 g/mol. The summed E-state index contributed by atoms with van der Waals surface area (Å²) in [5, 5.41) is 1.13. The van der Waals surface area contributed by atoms with Gasteiger partial charge in [-0.2, -0.15) is 0 Å². The molecule has 13 heavy (non-hydrogen) atoms. The van der Waals surface area contributed by atoms with E-state index in [1.807, 2.05) is 0 Å². The largest absolute Gasteiger partial charge is 0.323 e. The molecule has 1 rings (SSSR count). The Balaban J connectivity index is 3.06. The van der Waals surface area contributed by atoms with Crippen LogP contribution in [0.15, 0.2) is 18.2 Å². The van der Waals surface area contributed by atoms with E-state index in [9.17, 15) is 0 Å². The van der Waals surface area contributed by atoms with E-state index in [4.69, 9.17) is 35.4 Å². The normalized spacial score (nSPS) is 12.2. The van der Waals surface area contributed by atoms with Gasteiger partial charge in [0, 0.05) is 28.1 Å². The molecule has 0 radical (unpaired) electrons. The van der Waals surface area contributed by atoms with Crippen molar-refractivity contribution in [2.24, 2.45) is 5.73 Å². The summed E-state index contributed by atoms with van der Waals surface area (Å²) in [4.78, 5) is 0. The zero-order chi connectivity index (χ0) is 9.84. The van der Waals surface area contributed by atoms with E-state index < -0.39 is 0 Å². The molecule has 1 nitrogen and oxygen atoms in total. The Morgan fingerprint density at radius 3 is 2.38 bits per heavy atom. The van der Waals surface area contributed by atoms with Gasteiger partial charge in [0.25, 0.3) is 0 Å². The van der Waals surface area contributed by atoms with Gasteiger partial charge in [-0.1, -0.05) is 29.3 Å². The number of rotatable bonds is 2. The Morgan fingerprint density at radius 2 is 1.92 bits per heavy atom. The molecule has 0 aliphatic carbocycles. The summed E-state index contributed by atoms with van der Waals surface area (Å²) < 4.78 is 0. The van der Waals surface area contributed by atoms with Gasteiger partial charge in [0.2, 0.25) is 0 Å². The molecule has 0 amide bonds. The third-order valence-corrected chi connectivity index (χ3v) is 2.37. The van der Waals surface area contributed by atoms with Gasteiger partial charge in [-0.05, 0) is 12.1 Å². The molecule has 68 valence electrons. The van der Waals surface area contributed by atoms with Crippen molar-refractivity contribution in [2.45, 2.75) is 12.5 Å². The predicted octanol–water partition coefficient (Wildman–Crippen LogP) is 3.02. The van der Waals surface area contributed by atoms with Crippen molar-refractivity contribution in [1.29, 1.82) is 0 Å². The van der Waals surface area contributed by atoms with E-state index >= 15 is 0 Å². The molecule has 0 aliphatic heterocycles. The highest BCUT2D eigenvalue weighted by atomic mass is 35.5. The molecule has 0 fully saturated rings. The summed E-state index contributed by atoms with van der Waals surface area (Å²) in [6.07, 6.45) is 5.58. The van der Waals surface area contributed by atoms with Gasteiger partial charge in [0.15, 0.2) is 0 Å². The van der Waals surface area contributed by atoms with Crippen LogP contribution in [0.2, 0.25) is 10.0 Å². The van der Waals surface area contributed by atoms with E-state index in [2.05, 4.69) is 5.92 Å². The van der Waals surface area contributed by atoms with Crippen molar-refractivity contribution in [2.75, 3.05) is 0 Å². The van der Waals surface area contributed by atoms with Gasteiger partial charge in [0.1, 0.15) is 0 Å². The van der Waals surface area contributed by atoms with Crippen LogP contribution in [-0.2, 0) is 0 Å². The van der Waals surface area contributed by atoms with Crippen LogP contribution in [0.3, 0.4) is 0 Å². The Morgan fingerprint density at radius 1 is 1.38 bits per heavy atom. The highest BCUT2D eigenvalue weighted by Gasteiger charge is 2.12. The number of benzene rings is 1. The Bertz CT molecular complexity index is 321. The first-order chi connectivity index (χ1) is 6.16. The first-order valence-corrected chi connectivity index (χ1v) is 4.55. The number of hydrogen-bond acceptors (Lipinski definition) is 1. The van der Waals surface area contributed by atoms with Crippen LogP contribution in [0.4, 0.5) is 0 Å². The van der Waals surface area contributed by atoms with Gasteiger partial charge in [-0.3, -0.25) is 0 Å². The summed E-state index contributed by atoms with van der Waals surface area (Å²) in [5.74, 6) is 2.48. The molecule has 0 aromatic heterocycles. The molecule has 0 saturated heterocycles. The second kappa shape index (κ2) is 4.53. The molecule has 2 N–H and O–H groups in total. The molecule has 0 heterocycles. The van der Waals surface area contributed by atoms with Gasteiger partial charge in [-0.25, -0.2) is 0 Å². The van der Waals surface area contributed by atoms with E-state index in [1.165, 1.54) is 0 Å². The van der Waals surface area contributed by atoms with Crippen molar-refractivity contribution < 1.29 is 0 Å². The summed E-state index contributed by atoms with van der Waals surface area (Å²) in [6.45, 7) is 0. The lowest BCUT2D eigenvalue weighted by atomic mass is 10.1. The topological polar surface area (TPSA) is 26.0 Å². The standard InChI is InChI=1S/C10H9Cl2N/c1-2-4-9(13)10-7(11)5-3-6-8(10)12/h1,3,5-6,9H,4,13H2. The first kappa shape index (κ1) is 10.4. The number of nitrogens with two attached hydrogens (primary N) is 1. The smallest absolute Gasteiger partial charge is 0.0469 e. The highest BCUT2D eigenvalue weighted by molar-refractivity contribution is 6.36. The van der Waals surface area contributed by atoms with E-state index in [-0.39, 0.29) is 6.04 Å². The summed E-state index contributed by atoms with van der Waals surface area (Å²) in [6, 6.07) is 4.99. The van der Waals surface area contributed by atoms with E-state index in [0.717, 1.165) is 5.56 Å². The van der Waals surface area contributed by atoms with Crippen LogP contribution < -0.4 is 5.73 Å². The quantitative estimate of drug-likeness (QED) is 0.752. The highest BCUT2D eigenvalue weighted by Crippen LogP contribution is 2.30. The summed E-state index contributed by atoms with van der Waals surface area (Å²) in [7, 11) is 0. The fraction of sp³-hybridized carbons (Fsp3) is 0.200. The van der Waals surface area contributed by atoms with Gasteiger partial charge in [0.05, 0.1) is 0 Å². The molecule has 0 saturated carbocycles. The number of hydrogen-bond donors (Lipinski definition) is 1. The molecular formula is C10H9Cl2N. The van der Waals surface area contributed by atoms with Crippen molar-refractivity contribution in [1.82, 2.24) is 0 Å². The predicted molar refractivity (Wildman–Crippen MR) is 56.8 cm³/mol. The average Bonchev–Trinajstić information content (AvgIpc) is 2.04. The molecule has 0 spiro atoms. The maximum atomic E-state index is 5.93. The van der Waals surface area contributed by atoms with Gasteiger partial charge < -0.3 is 5.73 Å². The van der Waals surface area contributed by atoms with Crippen molar-refractivity contribution in [3.05, 3.63) is 33.8 Å². The third-order valence-electron chi connectivity index (χ3n) is 1.71. The van der Waals surface area contributed by atoms with Crippen molar-refractivity contribution in [3.8, 4) is 12.3 Å². The minimum absolute atomic E-state index is 0.286. The number of halogens is 2. The molecule has 1 atom stereocenters. The lowest BCUT2D eigenvalue weighted by Crippen LogP contribution is -2.10. The van der Waals surface area contributed by atoms with E-state index in [1.54, 1.807) is 18.2 Å². The minimum atomic E-state index is -0.286. The zero-order valence-electron chi connectivity index (χ0n) is 6.93. The summed E-state index contributed by atoms with van der Waals surface area (Å²) in [5.41, 5.74) is 6.52. The molecular weight excluding hydrogens is 205 g/mol. The van der Waals surface area contributed by atoms with Crippen LogP contribution in [0.25, 0.3) is 0 Å². The third kappa shape index (κ3) is 2.38. The lowest BCUT2D eigenvalue weighted by Gasteiger charge is -2.12. The molecule has 0 aliphatic rings. The van der Waals surface area contributed by atoms with Crippen LogP contribution in [-0.4, -0.2) is 0 Å². The maximum Gasteiger partial charge on any atom is 0.0469 e. The van der Waals surface area contributed by atoms with Crippen molar-refractivity contribution in [3.63, 3.8) is 0 Å². The molecule has 3 heteroatoms.